The van der Waals surface area contributed by atoms with Crippen molar-refractivity contribution < 1.29 is 14.5 Å². The SMILES string of the molecule is Cc1cc(/C=C2\SC(=O)N(Cc3ccc([N+](=O)[O-])cc3)C2=O)c(C)n1-c1ccc(Cl)cc1. The summed E-state index contributed by atoms with van der Waals surface area (Å²) in [5, 5.41) is 11.1. The summed E-state index contributed by atoms with van der Waals surface area (Å²) in [6.45, 7) is 3.98. The summed E-state index contributed by atoms with van der Waals surface area (Å²) in [4.78, 5) is 37.2. The summed E-state index contributed by atoms with van der Waals surface area (Å²) in [6, 6.07) is 15.3. The Morgan fingerprint density at radius 3 is 2.34 bits per heavy atom. The van der Waals surface area contributed by atoms with E-state index in [0.717, 1.165) is 39.3 Å². The molecule has 1 aliphatic heterocycles. The molecule has 1 aromatic heterocycles. The summed E-state index contributed by atoms with van der Waals surface area (Å²) < 4.78 is 2.06. The van der Waals surface area contributed by atoms with Crippen molar-refractivity contribution in [1.82, 2.24) is 9.47 Å². The summed E-state index contributed by atoms with van der Waals surface area (Å²) in [5.41, 5.74) is 4.32. The van der Waals surface area contributed by atoms with Gasteiger partial charge in [-0.2, -0.15) is 0 Å². The number of aryl methyl sites for hydroxylation is 1. The van der Waals surface area contributed by atoms with Crippen LogP contribution in [0, 0.1) is 24.0 Å². The number of non-ortho nitro benzene ring substituents is 1. The van der Waals surface area contributed by atoms with E-state index >= 15 is 0 Å². The fraction of sp³-hybridized carbons (Fsp3) is 0.130. The lowest BCUT2D eigenvalue weighted by Crippen LogP contribution is -2.27. The van der Waals surface area contributed by atoms with Crippen LogP contribution in [-0.4, -0.2) is 25.5 Å². The molecule has 1 saturated heterocycles. The van der Waals surface area contributed by atoms with E-state index in [9.17, 15) is 19.7 Å². The molecule has 2 heterocycles. The molecule has 0 spiro atoms. The van der Waals surface area contributed by atoms with Crippen molar-refractivity contribution >= 4 is 46.3 Å². The quantitative estimate of drug-likeness (QED) is 0.265. The maximum atomic E-state index is 12.9. The molecule has 0 unspecified atom stereocenters. The van der Waals surface area contributed by atoms with Gasteiger partial charge < -0.3 is 4.57 Å². The molecule has 3 aromatic rings. The molecule has 0 aliphatic carbocycles. The lowest BCUT2D eigenvalue weighted by atomic mass is 10.2. The van der Waals surface area contributed by atoms with Crippen molar-refractivity contribution in [2.24, 2.45) is 0 Å². The minimum atomic E-state index is -0.493. The second-order valence-electron chi connectivity index (χ2n) is 7.33. The summed E-state index contributed by atoms with van der Waals surface area (Å²) in [7, 11) is 0. The van der Waals surface area contributed by atoms with Crippen LogP contribution in [0.4, 0.5) is 10.5 Å². The Labute approximate surface area is 193 Å². The number of carbonyl (C=O) groups excluding carboxylic acids is 2. The molecule has 32 heavy (non-hydrogen) atoms. The van der Waals surface area contributed by atoms with Gasteiger partial charge in [0.1, 0.15) is 0 Å². The smallest absolute Gasteiger partial charge is 0.293 e. The molecular formula is C23H18ClN3O4S. The zero-order chi connectivity index (χ0) is 23.0. The zero-order valence-electron chi connectivity index (χ0n) is 17.2. The normalized spacial score (nSPS) is 15.1. The molecular weight excluding hydrogens is 450 g/mol. The molecule has 0 radical (unpaired) electrons. The van der Waals surface area contributed by atoms with Crippen LogP contribution in [0.15, 0.2) is 59.5 Å². The van der Waals surface area contributed by atoms with Gasteiger partial charge >= 0.3 is 0 Å². The molecule has 1 fully saturated rings. The average Bonchev–Trinajstić information content (AvgIpc) is 3.18. The van der Waals surface area contributed by atoms with Crippen molar-refractivity contribution in [3.05, 3.63) is 97.2 Å². The van der Waals surface area contributed by atoms with Gasteiger partial charge in [-0.15, -0.1) is 0 Å². The Morgan fingerprint density at radius 2 is 1.72 bits per heavy atom. The first kappa shape index (κ1) is 21.9. The number of halogens is 1. The van der Waals surface area contributed by atoms with E-state index < -0.39 is 4.92 Å². The highest BCUT2D eigenvalue weighted by Crippen LogP contribution is 2.35. The predicted molar refractivity (Wildman–Crippen MR) is 125 cm³/mol. The van der Waals surface area contributed by atoms with Crippen molar-refractivity contribution in [2.75, 3.05) is 0 Å². The topological polar surface area (TPSA) is 85.5 Å². The number of nitro benzene ring substituents is 1. The fourth-order valence-electron chi connectivity index (χ4n) is 3.60. The number of hydrogen-bond donors (Lipinski definition) is 0. The number of thioether (sulfide) groups is 1. The number of benzene rings is 2. The second kappa shape index (κ2) is 8.64. The van der Waals surface area contributed by atoms with E-state index in [0.29, 0.717) is 15.5 Å². The van der Waals surface area contributed by atoms with Crippen molar-refractivity contribution in [3.63, 3.8) is 0 Å². The van der Waals surface area contributed by atoms with Gasteiger partial charge in [0.2, 0.25) is 0 Å². The van der Waals surface area contributed by atoms with E-state index in [1.807, 2.05) is 44.2 Å². The maximum absolute atomic E-state index is 12.9. The lowest BCUT2D eigenvalue weighted by Gasteiger charge is -2.12. The minimum absolute atomic E-state index is 0.0428. The third kappa shape index (κ3) is 4.19. The van der Waals surface area contributed by atoms with E-state index in [4.69, 9.17) is 11.6 Å². The number of carbonyl (C=O) groups is 2. The van der Waals surface area contributed by atoms with Crippen LogP contribution in [0.5, 0.6) is 0 Å². The van der Waals surface area contributed by atoms with Crippen LogP contribution >= 0.6 is 23.4 Å². The van der Waals surface area contributed by atoms with Crippen LogP contribution in [0.3, 0.4) is 0 Å². The number of hydrogen-bond acceptors (Lipinski definition) is 5. The molecule has 162 valence electrons. The number of rotatable bonds is 5. The molecule has 2 aromatic carbocycles. The zero-order valence-corrected chi connectivity index (χ0v) is 18.8. The third-order valence-electron chi connectivity index (χ3n) is 5.20. The maximum Gasteiger partial charge on any atom is 0.293 e. The fourth-order valence-corrected chi connectivity index (χ4v) is 4.56. The first-order chi connectivity index (χ1) is 15.2. The molecule has 0 bridgehead atoms. The van der Waals surface area contributed by atoms with Gasteiger partial charge in [-0.3, -0.25) is 24.6 Å². The van der Waals surface area contributed by atoms with Gasteiger partial charge in [0, 0.05) is 34.2 Å². The minimum Gasteiger partial charge on any atom is -0.318 e. The molecule has 7 nitrogen and oxygen atoms in total. The summed E-state index contributed by atoms with van der Waals surface area (Å²) in [5.74, 6) is -0.380. The van der Waals surface area contributed by atoms with Crippen LogP contribution in [0.1, 0.15) is 22.5 Å². The number of nitrogens with zero attached hydrogens (tertiary/aromatic N) is 3. The third-order valence-corrected chi connectivity index (χ3v) is 6.36. The Bertz CT molecular complexity index is 1260. The van der Waals surface area contributed by atoms with Gasteiger partial charge in [-0.05, 0) is 73.1 Å². The van der Waals surface area contributed by atoms with E-state index in [1.165, 1.54) is 12.1 Å². The Hall–Kier alpha value is -3.36. The number of amides is 2. The van der Waals surface area contributed by atoms with Gasteiger partial charge in [0.25, 0.3) is 16.8 Å². The monoisotopic (exact) mass is 467 g/mol. The molecule has 0 N–H and O–H groups in total. The van der Waals surface area contributed by atoms with Crippen LogP contribution < -0.4 is 0 Å². The average molecular weight is 468 g/mol. The molecule has 2 amide bonds. The molecule has 0 atom stereocenters. The first-order valence-electron chi connectivity index (χ1n) is 9.68. The summed E-state index contributed by atoms with van der Waals surface area (Å²) >= 11 is 6.88. The lowest BCUT2D eigenvalue weighted by molar-refractivity contribution is -0.384. The van der Waals surface area contributed by atoms with Crippen LogP contribution in [-0.2, 0) is 11.3 Å². The highest BCUT2D eigenvalue weighted by Gasteiger charge is 2.35. The second-order valence-corrected chi connectivity index (χ2v) is 8.76. The van der Waals surface area contributed by atoms with E-state index in [1.54, 1.807) is 18.2 Å². The number of aromatic nitrogens is 1. The number of imide groups is 1. The van der Waals surface area contributed by atoms with E-state index in [-0.39, 0.29) is 23.4 Å². The number of nitro groups is 1. The largest absolute Gasteiger partial charge is 0.318 e. The van der Waals surface area contributed by atoms with Crippen molar-refractivity contribution in [2.45, 2.75) is 20.4 Å². The van der Waals surface area contributed by atoms with Crippen molar-refractivity contribution in [3.8, 4) is 5.69 Å². The van der Waals surface area contributed by atoms with Gasteiger partial charge in [0.15, 0.2) is 0 Å². The Balaban J connectivity index is 1.58. The summed E-state index contributed by atoms with van der Waals surface area (Å²) in [6.07, 6.45) is 1.73. The van der Waals surface area contributed by atoms with Crippen molar-refractivity contribution in [1.29, 1.82) is 0 Å². The molecule has 1 aliphatic rings. The van der Waals surface area contributed by atoms with E-state index in [2.05, 4.69) is 4.57 Å². The Kier molecular flexibility index (Phi) is 5.90. The highest BCUT2D eigenvalue weighted by atomic mass is 35.5. The molecule has 0 saturated carbocycles. The first-order valence-corrected chi connectivity index (χ1v) is 10.9. The van der Waals surface area contributed by atoms with Gasteiger partial charge in [-0.25, -0.2) is 0 Å². The predicted octanol–water partition coefficient (Wildman–Crippen LogP) is 5.89. The van der Waals surface area contributed by atoms with Crippen LogP contribution in [0.2, 0.25) is 5.02 Å². The Morgan fingerprint density at radius 1 is 1.06 bits per heavy atom. The molecule has 4 rings (SSSR count). The molecule has 9 heteroatoms. The standard InChI is InChI=1S/C23H18ClN3O4S/c1-14-11-17(15(2)26(14)19-9-5-18(24)6-10-19)12-21-22(28)25(23(29)32-21)13-16-3-7-20(8-4-16)27(30)31/h3-12H,13H2,1-2H3/b21-12-. The van der Waals surface area contributed by atoms with Gasteiger partial charge in [-0.1, -0.05) is 23.7 Å². The van der Waals surface area contributed by atoms with Crippen LogP contribution in [0.25, 0.3) is 11.8 Å². The highest BCUT2D eigenvalue weighted by molar-refractivity contribution is 8.18. The van der Waals surface area contributed by atoms with Gasteiger partial charge in [0.05, 0.1) is 16.4 Å².